The molecule has 0 amide bonds. The summed E-state index contributed by atoms with van der Waals surface area (Å²) in [6.07, 6.45) is 0. The molecule has 0 aliphatic rings. The van der Waals surface area contributed by atoms with Crippen LogP contribution in [0.4, 0.5) is 43.9 Å². The molecule has 3 aromatic carbocycles. The standard InChI is InChI=1S/C22H7ClF10N2O/c1-6-2-4-7(5-3-6)18-21(23)35(20-16(32)12(28)9(25)13(29)17(20)33)22(36)34(18)19-14(30)10(26)8(24)11(27)15(19)31/h2-5H,1H3. The van der Waals surface area contributed by atoms with Gasteiger partial charge in [-0.15, -0.1) is 0 Å². The van der Waals surface area contributed by atoms with Crippen LogP contribution in [0.25, 0.3) is 22.6 Å². The SMILES string of the molecule is Cc1ccc(-c2c(Cl)n(-c3c(F)c(F)c(F)c(F)c3F)c(=O)n2-c2c(F)c(F)c(F)c(F)c2F)cc1. The Balaban J connectivity index is 2.26. The third-order valence-corrected chi connectivity index (χ3v) is 5.49. The first kappa shape index (κ1) is 25.4. The van der Waals surface area contributed by atoms with Gasteiger partial charge in [0.05, 0.1) is 5.69 Å². The molecule has 0 atom stereocenters. The smallest absolute Gasteiger partial charge is 0.252 e. The van der Waals surface area contributed by atoms with E-state index in [-0.39, 0.29) is 14.7 Å². The number of benzene rings is 3. The van der Waals surface area contributed by atoms with Gasteiger partial charge >= 0.3 is 5.69 Å². The Morgan fingerprint density at radius 1 is 0.556 bits per heavy atom. The van der Waals surface area contributed by atoms with Gasteiger partial charge in [0.15, 0.2) is 46.5 Å². The highest BCUT2D eigenvalue weighted by Gasteiger charge is 2.35. The van der Waals surface area contributed by atoms with E-state index in [9.17, 15) is 48.7 Å². The predicted octanol–water partition coefficient (Wildman–Crippen LogP) is 6.65. The maximum Gasteiger partial charge on any atom is 0.339 e. The normalized spacial score (nSPS) is 11.4. The van der Waals surface area contributed by atoms with Gasteiger partial charge in [-0.1, -0.05) is 41.4 Å². The fourth-order valence-corrected chi connectivity index (χ4v) is 3.77. The highest BCUT2D eigenvalue weighted by Crippen LogP contribution is 2.36. The molecule has 0 aliphatic heterocycles. The molecule has 0 fully saturated rings. The summed E-state index contributed by atoms with van der Waals surface area (Å²) < 4.78 is 140. The molecule has 0 bridgehead atoms. The van der Waals surface area contributed by atoms with E-state index in [2.05, 4.69) is 0 Å². The second-order valence-corrected chi connectivity index (χ2v) is 7.65. The summed E-state index contributed by atoms with van der Waals surface area (Å²) in [5, 5.41) is -1.17. The minimum absolute atomic E-state index is 0.221. The Morgan fingerprint density at radius 2 is 0.889 bits per heavy atom. The van der Waals surface area contributed by atoms with Crippen molar-refractivity contribution in [2.45, 2.75) is 6.92 Å². The van der Waals surface area contributed by atoms with Gasteiger partial charge < -0.3 is 0 Å². The maximum absolute atomic E-state index is 14.7. The Morgan fingerprint density at radius 3 is 1.28 bits per heavy atom. The number of hydrogen-bond donors (Lipinski definition) is 0. The summed E-state index contributed by atoms with van der Waals surface area (Å²) in [6, 6.07) is 5.02. The topological polar surface area (TPSA) is 26.9 Å². The summed E-state index contributed by atoms with van der Waals surface area (Å²) in [6.45, 7) is 1.59. The van der Waals surface area contributed by atoms with Crippen molar-refractivity contribution in [1.29, 1.82) is 0 Å². The Labute approximate surface area is 198 Å². The van der Waals surface area contributed by atoms with Crippen LogP contribution >= 0.6 is 11.6 Å². The molecule has 0 aliphatic carbocycles. The van der Waals surface area contributed by atoms with Crippen LogP contribution in [0.5, 0.6) is 0 Å². The Hall–Kier alpha value is -3.74. The monoisotopic (exact) mass is 540 g/mol. The Kier molecular flexibility index (Phi) is 6.15. The van der Waals surface area contributed by atoms with Gasteiger partial charge in [0.25, 0.3) is 0 Å². The molecular formula is C22H7ClF10N2O. The summed E-state index contributed by atoms with van der Waals surface area (Å²) in [5.74, 6) is -25.3. The fraction of sp³-hybridized carbons (Fsp3) is 0.0455. The van der Waals surface area contributed by atoms with Gasteiger partial charge in [-0.05, 0) is 6.92 Å². The molecule has 188 valence electrons. The summed E-state index contributed by atoms with van der Waals surface area (Å²) in [4.78, 5) is 13.2. The number of aromatic nitrogens is 2. The van der Waals surface area contributed by atoms with E-state index >= 15 is 0 Å². The fourth-order valence-electron chi connectivity index (χ4n) is 3.42. The van der Waals surface area contributed by atoms with Crippen molar-refractivity contribution in [1.82, 2.24) is 9.13 Å². The molecule has 14 heteroatoms. The molecule has 1 aromatic heterocycles. The molecule has 0 saturated carbocycles. The van der Waals surface area contributed by atoms with Gasteiger partial charge in [0, 0.05) is 5.56 Å². The summed E-state index contributed by atoms with van der Waals surface area (Å²) >= 11 is 6.06. The van der Waals surface area contributed by atoms with Crippen molar-refractivity contribution in [3.8, 4) is 22.6 Å². The van der Waals surface area contributed by atoms with Crippen molar-refractivity contribution in [3.05, 3.63) is 104 Å². The zero-order chi connectivity index (χ0) is 26.8. The van der Waals surface area contributed by atoms with Crippen LogP contribution in [-0.2, 0) is 0 Å². The highest BCUT2D eigenvalue weighted by atomic mass is 35.5. The summed E-state index contributed by atoms with van der Waals surface area (Å²) in [5.41, 5.74) is -6.42. The van der Waals surface area contributed by atoms with E-state index in [1.807, 2.05) is 0 Å². The van der Waals surface area contributed by atoms with E-state index in [0.29, 0.717) is 5.56 Å². The van der Waals surface area contributed by atoms with Crippen molar-refractivity contribution in [3.63, 3.8) is 0 Å². The largest absolute Gasteiger partial charge is 0.339 e. The number of aryl methyl sites for hydroxylation is 1. The van der Waals surface area contributed by atoms with Gasteiger partial charge in [-0.25, -0.2) is 53.3 Å². The number of imidazole rings is 1. The minimum Gasteiger partial charge on any atom is -0.252 e. The molecule has 0 saturated heterocycles. The van der Waals surface area contributed by atoms with Crippen molar-refractivity contribution in [2.24, 2.45) is 0 Å². The quantitative estimate of drug-likeness (QED) is 0.162. The Bertz CT molecular complexity index is 1570. The van der Waals surface area contributed by atoms with Crippen molar-refractivity contribution < 1.29 is 43.9 Å². The number of rotatable bonds is 3. The van der Waals surface area contributed by atoms with Crippen LogP contribution < -0.4 is 5.69 Å². The zero-order valence-corrected chi connectivity index (χ0v) is 18.0. The first-order chi connectivity index (χ1) is 16.8. The lowest BCUT2D eigenvalue weighted by Gasteiger charge is -2.12. The van der Waals surface area contributed by atoms with Crippen LogP contribution in [0.3, 0.4) is 0 Å². The number of nitrogens with zero attached hydrogens (tertiary/aromatic N) is 2. The van der Waals surface area contributed by atoms with E-state index in [1.165, 1.54) is 12.1 Å². The third kappa shape index (κ3) is 3.48. The molecule has 0 unspecified atom stereocenters. The van der Waals surface area contributed by atoms with Gasteiger partial charge in [0.1, 0.15) is 16.5 Å². The van der Waals surface area contributed by atoms with E-state index < -0.39 is 86.1 Å². The average Bonchev–Trinajstić information content (AvgIpc) is 3.10. The molecule has 4 aromatic rings. The average molecular weight is 541 g/mol. The summed E-state index contributed by atoms with van der Waals surface area (Å²) in [7, 11) is 0. The lowest BCUT2D eigenvalue weighted by atomic mass is 10.1. The lowest BCUT2D eigenvalue weighted by molar-refractivity contribution is 0.373. The first-order valence-electron chi connectivity index (χ1n) is 9.45. The van der Waals surface area contributed by atoms with Crippen molar-refractivity contribution in [2.75, 3.05) is 0 Å². The molecule has 4 rings (SSSR count). The van der Waals surface area contributed by atoms with Gasteiger partial charge in [0.2, 0.25) is 11.6 Å². The number of halogens is 11. The third-order valence-electron chi connectivity index (χ3n) is 5.14. The van der Waals surface area contributed by atoms with E-state index in [0.717, 1.165) is 12.1 Å². The number of hydrogen-bond acceptors (Lipinski definition) is 1. The molecular weight excluding hydrogens is 534 g/mol. The molecule has 36 heavy (non-hydrogen) atoms. The molecule has 0 N–H and O–H groups in total. The van der Waals surface area contributed by atoms with Crippen LogP contribution in [0, 0.1) is 65.1 Å². The maximum atomic E-state index is 14.7. The van der Waals surface area contributed by atoms with Crippen molar-refractivity contribution >= 4 is 11.6 Å². The lowest BCUT2D eigenvalue weighted by Crippen LogP contribution is -2.27. The first-order valence-corrected chi connectivity index (χ1v) is 9.82. The van der Waals surface area contributed by atoms with Crippen LogP contribution in [0.2, 0.25) is 5.15 Å². The molecule has 3 nitrogen and oxygen atoms in total. The second-order valence-electron chi connectivity index (χ2n) is 7.30. The predicted molar refractivity (Wildman–Crippen MR) is 106 cm³/mol. The molecule has 0 spiro atoms. The van der Waals surface area contributed by atoms with Crippen LogP contribution in [-0.4, -0.2) is 9.13 Å². The second kappa shape index (κ2) is 8.73. The van der Waals surface area contributed by atoms with E-state index in [1.54, 1.807) is 6.92 Å². The minimum atomic E-state index is -2.59. The van der Waals surface area contributed by atoms with E-state index in [4.69, 9.17) is 11.6 Å². The van der Waals surface area contributed by atoms with Crippen LogP contribution in [0.1, 0.15) is 5.56 Å². The van der Waals surface area contributed by atoms with Gasteiger partial charge in [-0.2, -0.15) is 0 Å². The molecule has 0 radical (unpaired) electrons. The highest BCUT2D eigenvalue weighted by molar-refractivity contribution is 6.32. The van der Waals surface area contributed by atoms with Crippen LogP contribution in [0.15, 0.2) is 29.1 Å². The zero-order valence-electron chi connectivity index (χ0n) is 17.3. The van der Waals surface area contributed by atoms with Gasteiger partial charge in [-0.3, -0.25) is 4.57 Å². The molecule has 1 heterocycles.